The van der Waals surface area contributed by atoms with Crippen molar-refractivity contribution in [3.05, 3.63) is 60.4 Å². The van der Waals surface area contributed by atoms with Gasteiger partial charge in [0.1, 0.15) is 6.33 Å². The predicted molar refractivity (Wildman–Crippen MR) is 93.1 cm³/mol. The van der Waals surface area contributed by atoms with Crippen molar-refractivity contribution in [1.29, 1.82) is 0 Å². The van der Waals surface area contributed by atoms with Gasteiger partial charge in [0, 0.05) is 12.6 Å². The van der Waals surface area contributed by atoms with E-state index in [0.29, 0.717) is 17.1 Å². The third-order valence-electron chi connectivity index (χ3n) is 3.77. The lowest BCUT2D eigenvalue weighted by Crippen LogP contribution is -2.14. The number of sulfonamides is 1. The summed E-state index contributed by atoms with van der Waals surface area (Å²) in [5, 5.41) is 7.90. The molecule has 0 aliphatic rings. The van der Waals surface area contributed by atoms with Gasteiger partial charge in [-0.1, -0.05) is 31.2 Å². The molecule has 1 heterocycles. The van der Waals surface area contributed by atoms with Crippen molar-refractivity contribution < 1.29 is 8.42 Å². The van der Waals surface area contributed by atoms with Crippen molar-refractivity contribution in [3.63, 3.8) is 0 Å². The summed E-state index contributed by atoms with van der Waals surface area (Å²) in [6.07, 6.45) is 2.44. The van der Waals surface area contributed by atoms with Crippen molar-refractivity contribution >= 4 is 15.7 Å². The highest BCUT2D eigenvalue weighted by molar-refractivity contribution is 7.92. The van der Waals surface area contributed by atoms with Crippen LogP contribution in [0.25, 0.3) is 11.4 Å². The van der Waals surface area contributed by atoms with Crippen LogP contribution in [0.4, 0.5) is 5.69 Å². The van der Waals surface area contributed by atoms with E-state index in [4.69, 9.17) is 0 Å². The van der Waals surface area contributed by atoms with Crippen molar-refractivity contribution in [3.8, 4) is 11.4 Å². The molecule has 0 bridgehead atoms. The molecule has 7 heteroatoms. The molecule has 0 spiro atoms. The van der Waals surface area contributed by atoms with Crippen LogP contribution < -0.4 is 4.72 Å². The number of hydrogen-bond acceptors (Lipinski definition) is 4. The summed E-state index contributed by atoms with van der Waals surface area (Å²) in [5.41, 5.74) is 2.23. The maximum absolute atomic E-state index is 12.7. The fraction of sp³-hybridized carbons (Fsp3) is 0.176. The van der Waals surface area contributed by atoms with Crippen LogP contribution in [-0.2, 0) is 23.5 Å². The predicted octanol–water partition coefficient (Wildman–Crippen LogP) is 2.85. The van der Waals surface area contributed by atoms with E-state index in [9.17, 15) is 8.42 Å². The monoisotopic (exact) mass is 342 g/mol. The SMILES string of the molecule is CCc1ccc(S(=O)(=O)Nc2ccccc2-c2nncn2C)cc1. The molecule has 24 heavy (non-hydrogen) atoms. The molecule has 6 nitrogen and oxygen atoms in total. The Labute approximate surface area is 141 Å². The first-order valence-corrected chi connectivity index (χ1v) is 9.04. The van der Waals surface area contributed by atoms with E-state index >= 15 is 0 Å². The maximum atomic E-state index is 12.7. The Morgan fingerprint density at radius 2 is 1.79 bits per heavy atom. The van der Waals surface area contributed by atoms with Crippen molar-refractivity contribution in [2.75, 3.05) is 4.72 Å². The van der Waals surface area contributed by atoms with E-state index in [1.807, 2.05) is 38.2 Å². The minimum Gasteiger partial charge on any atom is -0.317 e. The van der Waals surface area contributed by atoms with Gasteiger partial charge >= 0.3 is 0 Å². The first-order valence-electron chi connectivity index (χ1n) is 7.56. The van der Waals surface area contributed by atoms with Gasteiger partial charge in [0.25, 0.3) is 10.0 Å². The molecule has 0 aliphatic heterocycles. The van der Waals surface area contributed by atoms with Gasteiger partial charge in [-0.3, -0.25) is 4.72 Å². The minimum atomic E-state index is -3.67. The largest absolute Gasteiger partial charge is 0.317 e. The minimum absolute atomic E-state index is 0.229. The molecular weight excluding hydrogens is 324 g/mol. The molecule has 124 valence electrons. The Morgan fingerprint density at radius 1 is 1.08 bits per heavy atom. The number of anilines is 1. The molecule has 0 saturated heterocycles. The Bertz CT molecular complexity index is 947. The van der Waals surface area contributed by atoms with Crippen LogP contribution in [0, 0.1) is 0 Å². The van der Waals surface area contributed by atoms with Crippen LogP contribution in [0.3, 0.4) is 0 Å². The lowest BCUT2D eigenvalue weighted by Gasteiger charge is -2.12. The van der Waals surface area contributed by atoms with E-state index in [2.05, 4.69) is 14.9 Å². The summed E-state index contributed by atoms with van der Waals surface area (Å²) in [6, 6.07) is 14.0. The molecule has 3 aromatic rings. The number of hydrogen-bond donors (Lipinski definition) is 1. The molecule has 1 N–H and O–H groups in total. The highest BCUT2D eigenvalue weighted by Gasteiger charge is 2.18. The summed E-state index contributed by atoms with van der Waals surface area (Å²) >= 11 is 0. The number of aryl methyl sites for hydroxylation is 2. The van der Waals surface area contributed by atoms with Crippen LogP contribution in [0.15, 0.2) is 59.8 Å². The zero-order valence-electron chi connectivity index (χ0n) is 13.5. The van der Waals surface area contributed by atoms with Gasteiger partial charge < -0.3 is 4.57 Å². The molecule has 0 atom stereocenters. The van der Waals surface area contributed by atoms with Crippen LogP contribution in [-0.4, -0.2) is 23.2 Å². The third-order valence-corrected chi connectivity index (χ3v) is 5.15. The zero-order chi connectivity index (χ0) is 17.2. The molecule has 0 radical (unpaired) electrons. The second-order valence-corrected chi connectivity index (χ2v) is 7.10. The molecule has 0 fully saturated rings. The Morgan fingerprint density at radius 3 is 2.42 bits per heavy atom. The first-order chi connectivity index (χ1) is 11.5. The number of nitrogens with zero attached hydrogens (tertiary/aromatic N) is 3. The number of nitrogens with one attached hydrogen (secondary N) is 1. The van der Waals surface area contributed by atoms with Crippen LogP contribution in [0.5, 0.6) is 0 Å². The van der Waals surface area contributed by atoms with Gasteiger partial charge in [-0.2, -0.15) is 0 Å². The highest BCUT2D eigenvalue weighted by atomic mass is 32.2. The molecule has 0 unspecified atom stereocenters. The van der Waals surface area contributed by atoms with E-state index < -0.39 is 10.0 Å². The molecule has 3 rings (SSSR count). The molecule has 0 amide bonds. The second kappa shape index (κ2) is 6.45. The number of benzene rings is 2. The summed E-state index contributed by atoms with van der Waals surface area (Å²) in [7, 11) is -1.86. The van der Waals surface area contributed by atoms with Gasteiger partial charge in [-0.25, -0.2) is 8.42 Å². The fourth-order valence-corrected chi connectivity index (χ4v) is 3.48. The Hall–Kier alpha value is -2.67. The van der Waals surface area contributed by atoms with E-state index in [1.54, 1.807) is 35.2 Å². The summed E-state index contributed by atoms with van der Waals surface area (Å²) in [6.45, 7) is 2.03. The van der Waals surface area contributed by atoms with Crippen LogP contribution >= 0.6 is 0 Å². The van der Waals surface area contributed by atoms with Crippen LogP contribution in [0.1, 0.15) is 12.5 Å². The summed E-state index contributed by atoms with van der Waals surface area (Å²) in [4.78, 5) is 0.229. The number of para-hydroxylation sites is 1. The van der Waals surface area contributed by atoms with Crippen molar-refractivity contribution in [2.24, 2.45) is 7.05 Å². The number of aromatic nitrogens is 3. The van der Waals surface area contributed by atoms with E-state index in [0.717, 1.165) is 12.0 Å². The topological polar surface area (TPSA) is 76.9 Å². The van der Waals surface area contributed by atoms with Gasteiger partial charge in [0.05, 0.1) is 10.6 Å². The smallest absolute Gasteiger partial charge is 0.261 e. The first kappa shape index (κ1) is 16.2. The second-order valence-electron chi connectivity index (χ2n) is 5.41. The molecular formula is C17H18N4O2S. The van der Waals surface area contributed by atoms with Gasteiger partial charge in [0.2, 0.25) is 0 Å². The van der Waals surface area contributed by atoms with Gasteiger partial charge in [-0.15, -0.1) is 10.2 Å². The van der Waals surface area contributed by atoms with E-state index in [-0.39, 0.29) is 4.90 Å². The normalized spacial score (nSPS) is 11.4. The molecule has 0 aliphatic carbocycles. The quantitative estimate of drug-likeness (QED) is 0.773. The summed E-state index contributed by atoms with van der Waals surface area (Å²) in [5.74, 6) is 0.592. The number of rotatable bonds is 5. The maximum Gasteiger partial charge on any atom is 0.261 e. The molecule has 2 aromatic carbocycles. The highest BCUT2D eigenvalue weighted by Crippen LogP contribution is 2.27. The lowest BCUT2D eigenvalue weighted by molar-refractivity contribution is 0.601. The lowest BCUT2D eigenvalue weighted by atomic mass is 10.2. The summed E-state index contributed by atoms with van der Waals surface area (Å²) < 4.78 is 29.7. The van der Waals surface area contributed by atoms with Crippen molar-refractivity contribution in [2.45, 2.75) is 18.2 Å². The van der Waals surface area contributed by atoms with Crippen molar-refractivity contribution in [1.82, 2.24) is 14.8 Å². The van der Waals surface area contributed by atoms with Crippen LogP contribution in [0.2, 0.25) is 0 Å². The van der Waals surface area contributed by atoms with Gasteiger partial charge in [0.15, 0.2) is 5.82 Å². The van der Waals surface area contributed by atoms with E-state index in [1.165, 1.54) is 0 Å². The standard InChI is InChI=1S/C17H18N4O2S/c1-3-13-8-10-14(11-9-13)24(22,23)20-16-7-5-4-6-15(16)17-19-18-12-21(17)2/h4-12,20H,3H2,1-2H3. The average molecular weight is 342 g/mol. The Balaban J connectivity index is 1.97. The third kappa shape index (κ3) is 3.16. The Kier molecular flexibility index (Phi) is 4.35. The van der Waals surface area contributed by atoms with Gasteiger partial charge in [-0.05, 0) is 36.2 Å². The molecule has 1 aromatic heterocycles. The fourth-order valence-electron chi connectivity index (χ4n) is 2.40. The zero-order valence-corrected chi connectivity index (χ0v) is 14.3. The molecule has 0 saturated carbocycles. The average Bonchev–Trinajstić information content (AvgIpc) is 3.01.